The SMILES string of the molecule is CC(NS(=O)(=O)C=Cc1ccccc1)C(=O)NNC(=O)Cc1c[nH]c2ccccc12. The van der Waals surface area contributed by atoms with Crippen LogP contribution >= 0.6 is 0 Å². The quantitative estimate of drug-likeness (QED) is 0.431. The Kier molecular flexibility index (Phi) is 6.65. The fourth-order valence-electron chi connectivity index (χ4n) is 2.81. The summed E-state index contributed by atoms with van der Waals surface area (Å²) in [6.07, 6.45) is 3.22. The summed E-state index contributed by atoms with van der Waals surface area (Å²) >= 11 is 0. The van der Waals surface area contributed by atoms with Crippen LogP contribution in [0.4, 0.5) is 0 Å². The normalized spacial score (nSPS) is 12.7. The average molecular weight is 426 g/mol. The van der Waals surface area contributed by atoms with Gasteiger partial charge in [-0.05, 0) is 30.2 Å². The molecule has 0 spiro atoms. The van der Waals surface area contributed by atoms with E-state index in [1.54, 1.807) is 30.5 Å². The number of para-hydroxylation sites is 1. The molecular weight excluding hydrogens is 404 g/mol. The maximum absolute atomic E-state index is 12.1. The highest BCUT2D eigenvalue weighted by molar-refractivity contribution is 7.92. The van der Waals surface area contributed by atoms with Gasteiger partial charge in [0.15, 0.2) is 0 Å². The zero-order valence-corrected chi connectivity index (χ0v) is 17.1. The molecule has 0 aliphatic rings. The number of aromatic nitrogens is 1. The molecule has 9 heteroatoms. The minimum absolute atomic E-state index is 0.0597. The topological polar surface area (TPSA) is 120 Å². The number of carbonyl (C=O) groups excluding carboxylic acids is 2. The number of nitrogens with one attached hydrogen (secondary N) is 4. The molecule has 4 N–H and O–H groups in total. The van der Waals surface area contributed by atoms with Crippen molar-refractivity contribution in [1.82, 2.24) is 20.6 Å². The predicted molar refractivity (Wildman–Crippen MR) is 115 cm³/mol. The van der Waals surface area contributed by atoms with Gasteiger partial charge in [0.05, 0.1) is 12.5 Å². The fourth-order valence-corrected chi connectivity index (χ4v) is 3.82. The van der Waals surface area contributed by atoms with Crippen LogP contribution in [0.5, 0.6) is 0 Å². The Morgan fingerprint density at radius 1 is 1.03 bits per heavy atom. The first-order valence-electron chi connectivity index (χ1n) is 9.23. The largest absolute Gasteiger partial charge is 0.361 e. The molecule has 8 nitrogen and oxygen atoms in total. The van der Waals surface area contributed by atoms with Crippen LogP contribution in [0.1, 0.15) is 18.1 Å². The van der Waals surface area contributed by atoms with Crippen LogP contribution in [-0.2, 0) is 26.0 Å². The Morgan fingerprint density at radius 2 is 1.73 bits per heavy atom. The van der Waals surface area contributed by atoms with Crippen molar-refractivity contribution >= 4 is 38.8 Å². The Balaban J connectivity index is 1.50. The second-order valence-electron chi connectivity index (χ2n) is 6.67. The molecule has 0 fully saturated rings. The van der Waals surface area contributed by atoms with E-state index in [9.17, 15) is 18.0 Å². The number of hydrogen-bond donors (Lipinski definition) is 4. The van der Waals surface area contributed by atoms with Crippen molar-refractivity contribution in [3.05, 3.63) is 77.3 Å². The maximum Gasteiger partial charge on any atom is 0.256 e. The number of hydrogen-bond acceptors (Lipinski definition) is 4. The van der Waals surface area contributed by atoms with Gasteiger partial charge in [0.2, 0.25) is 15.9 Å². The third-order valence-corrected chi connectivity index (χ3v) is 5.50. The number of amides is 2. The zero-order valence-electron chi connectivity index (χ0n) is 16.3. The molecular formula is C21H22N4O4S. The van der Waals surface area contributed by atoms with Gasteiger partial charge in [0.1, 0.15) is 0 Å². The Hall–Kier alpha value is -3.43. The van der Waals surface area contributed by atoms with Crippen molar-refractivity contribution in [3.8, 4) is 0 Å². The molecule has 0 saturated carbocycles. The molecule has 0 bridgehead atoms. The number of fused-ring (bicyclic) bond motifs is 1. The first-order valence-corrected chi connectivity index (χ1v) is 10.8. The highest BCUT2D eigenvalue weighted by atomic mass is 32.2. The molecule has 1 unspecified atom stereocenters. The molecule has 0 saturated heterocycles. The molecule has 156 valence electrons. The third kappa shape index (κ3) is 5.79. The molecule has 3 rings (SSSR count). The molecule has 30 heavy (non-hydrogen) atoms. The van der Waals surface area contributed by atoms with E-state index in [4.69, 9.17) is 0 Å². The van der Waals surface area contributed by atoms with Gasteiger partial charge in [-0.3, -0.25) is 20.4 Å². The van der Waals surface area contributed by atoms with Crippen molar-refractivity contribution in [1.29, 1.82) is 0 Å². The van der Waals surface area contributed by atoms with Gasteiger partial charge < -0.3 is 4.98 Å². The zero-order chi connectivity index (χ0) is 21.6. The van der Waals surface area contributed by atoms with E-state index >= 15 is 0 Å². The van der Waals surface area contributed by atoms with Gasteiger partial charge in [-0.25, -0.2) is 8.42 Å². The molecule has 2 amide bonds. The number of rotatable bonds is 7. The number of sulfonamides is 1. The van der Waals surface area contributed by atoms with Crippen molar-refractivity contribution < 1.29 is 18.0 Å². The number of hydrazine groups is 1. The maximum atomic E-state index is 12.1. The summed E-state index contributed by atoms with van der Waals surface area (Å²) in [5.41, 5.74) is 6.96. The van der Waals surface area contributed by atoms with E-state index in [0.717, 1.165) is 21.9 Å². The van der Waals surface area contributed by atoms with Crippen molar-refractivity contribution in [2.24, 2.45) is 0 Å². The van der Waals surface area contributed by atoms with E-state index < -0.39 is 27.9 Å². The van der Waals surface area contributed by atoms with Crippen LogP contribution in [0, 0.1) is 0 Å². The number of aromatic amines is 1. The first-order chi connectivity index (χ1) is 14.3. The van der Waals surface area contributed by atoms with Gasteiger partial charge in [-0.1, -0.05) is 48.5 Å². The molecule has 1 atom stereocenters. The average Bonchev–Trinajstić information content (AvgIpc) is 3.14. The van der Waals surface area contributed by atoms with Crippen molar-refractivity contribution in [2.45, 2.75) is 19.4 Å². The molecule has 1 aromatic heterocycles. The smallest absolute Gasteiger partial charge is 0.256 e. The first kappa shape index (κ1) is 21.3. The molecule has 0 aliphatic carbocycles. The lowest BCUT2D eigenvalue weighted by Gasteiger charge is -2.13. The number of H-pyrrole nitrogens is 1. The minimum atomic E-state index is -3.84. The van der Waals surface area contributed by atoms with Crippen LogP contribution in [0.2, 0.25) is 0 Å². The summed E-state index contributed by atoms with van der Waals surface area (Å²) in [5, 5.41) is 1.91. The molecule has 2 aromatic carbocycles. The Bertz CT molecular complexity index is 1170. The van der Waals surface area contributed by atoms with E-state index in [1.165, 1.54) is 13.0 Å². The van der Waals surface area contributed by atoms with Crippen LogP contribution in [-0.4, -0.2) is 31.3 Å². The van der Waals surface area contributed by atoms with Crippen LogP contribution in [0.15, 0.2) is 66.2 Å². The summed E-state index contributed by atoms with van der Waals surface area (Å²) in [6.45, 7) is 1.38. The Labute approximate surface area is 174 Å². The van der Waals surface area contributed by atoms with Gasteiger partial charge in [0.25, 0.3) is 5.91 Å². The highest BCUT2D eigenvalue weighted by Gasteiger charge is 2.19. The predicted octanol–water partition coefficient (Wildman–Crippen LogP) is 1.84. The number of carbonyl (C=O) groups is 2. The van der Waals surface area contributed by atoms with E-state index in [-0.39, 0.29) is 6.42 Å². The van der Waals surface area contributed by atoms with Crippen molar-refractivity contribution in [3.63, 3.8) is 0 Å². The summed E-state index contributed by atoms with van der Waals surface area (Å²) < 4.78 is 26.5. The van der Waals surface area contributed by atoms with E-state index in [1.807, 2.05) is 30.3 Å². The third-order valence-electron chi connectivity index (χ3n) is 4.32. The monoisotopic (exact) mass is 426 g/mol. The summed E-state index contributed by atoms with van der Waals surface area (Å²) in [4.78, 5) is 27.3. The standard InChI is InChI=1S/C21H22N4O4S/c1-15(25-30(28,29)12-11-16-7-3-2-4-8-16)21(27)24-23-20(26)13-17-14-22-19-10-6-5-9-18(17)19/h2-12,14-15,22,25H,13H2,1H3,(H,23,26)(H,24,27). The highest BCUT2D eigenvalue weighted by Crippen LogP contribution is 2.17. The Morgan fingerprint density at radius 3 is 2.50 bits per heavy atom. The number of benzene rings is 2. The van der Waals surface area contributed by atoms with Gasteiger partial charge in [0, 0.05) is 22.5 Å². The van der Waals surface area contributed by atoms with Crippen LogP contribution in [0.25, 0.3) is 17.0 Å². The molecule has 0 radical (unpaired) electrons. The van der Waals surface area contributed by atoms with Crippen LogP contribution in [0.3, 0.4) is 0 Å². The fraction of sp³-hybridized carbons (Fsp3) is 0.143. The molecule has 1 heterocycles. The van der Waals surface area contributed by atoms with E-state index in [2.05, 4.69) is 20.6 Å². The summed E-state index contributed by atoms with van der Waals surface area (Å²) in [7, 11) is -3.84. The lowest BCUT2D eigenvalue weighted by Crippen LogP contribution is -2.51. The minimum Gasteiger partial charge on any atom is -0.361 e. The lowest BCUT2D eigenvalue weighted by atomic mass is 10.1. The second-order valence-corrected chi connectivity index (χ2v) is 8.27. The summed E-state index contributed by atoms with van der Waals surface area (Å²) in [6, 6.07) is 15.4. The van der Waals surface area contributed by atoms with Gasteiger partial charge in [-0.2, -0.15) is 4.72 Å². The molecule has 0 aliphatic heterocycles. The van der Waals surface area contributed by atoms with E-state index in [0.29, 0.717) is 5.56 Å². The lowest BCUT2D eigenvalue weighted by molar-refractivity contribution is -0.129. The molecule has 3 aromatic rings. The summed E-state index contributed by atoms with van der Waals surface area (Å²) in [5.74, 6) is -1.11. The van der Waals surface area contributed by atoms with Gasteiger partial charge in [-0.15, -0.1) is 0 Å². The van der Waals surface area contributed by atoms with Gasteiger partial charge >= 0.3 is 0 Å². The van der Waals surface area contributed by atoms with Crippen molar-refractivity contribution in [2.75, 3.05) is 0 Å². The second kappa shape index (κ2) is 9.38. The van der Waals surface area contributed by atoms with Crippen LogP contribution < -0.4 is 15.6 Å².